The quantitative estimate of drug-likeness (QED) is 0.536. The number of halogens is 1. The van der Waals surface area contributed by atoms with Crippen molar-refractivity contribution < 1.29 is 14.0 Å². The topological polar surface area (TPSA) is 53.5 Å². The second kappa shape index (κ2) is 10.2. The molecule has 0 N–H and O–H groups in total. The number of nitrogens with zero attached hydrogens (tertiary/aromatic N) is 3. The van der Waals surface area contributed by atoms with Crippen LogP contribution in [0.5, 0.6) is 0 Å². The Morgan fingerprint density at radius 1 is 1.09 bits per heavy atom. The Morgan fingerprint density at radius 2 is 1.88 bits per heavy atom. The van der Waals surface area contributed by atoms with E-state index in [4.69, 9.17) is 0 Å². The van der Waals surface area contributed by atoms with E-state index >= 15 is 0 Å². The van der Waals surface area contributed by atoms with E-state index in [0.717, 1.165) is 16.7 Å². The highest BCUT2D eigenvalue weighted by Crippen LogP contribution is 2.27. The molecule has 1 saturated heterocycles. The zero-order valence-electron chi connectivity index (χ0n) is 18.4. The number of benzene rings is 2. The first-order chi connectivity index (χ1) is 16.1. The van der Waals surface area contributed by atoms with Gasteiger partial charge in [0.05, 0.1) is 5.92 Å². The van der Waals surface area contributed by atoms with E-state index in [0.29, 0.717) is 26.1 Å². The molecule has 1 atom stereocenters. The van der Waals surface area contributed by atoms with Crippen molar-refractivity contribution in [1.29, 1.82) is 0 Å². The van der Waals surface area contributed by atoms with Crippen molar-refractivity contribution in [1.82, 2.24) is 14.8 Å². The number of rotatable bonds is 6. The monoisotopic (exact) mass is 443 g/mol. The van der Waals surface area contributed by atoms with Crippen LogP contribution < -0.4 is 0 Å². The minimum absolute atomic E-state index is 0.00558. The molecular formula is C27H26FN3O2. The van der Waals surface area contributed by atoms with Crippen LogP contribution >= 0.6 is 0 Å². The lowest BCUT2D eigenvalue weighted by atomic mass is 9.91. The molecule has 5 nitrogen and oxygen atoms in total. The standard InChI is InChI=1S/C27H26FN3O2/c1-2-14-30-15-16-31(26(32)22-7-5-8-24(28)18-22)19-23(27(30)33)17-21-6-3-4-9-25(21)20-10-12-29-13-11-20/h2-13,18,23H,1,14-17,19H2/t23-/m1/s1. The smallest absolute Gasteiger partial charge is 0.254 e. The van der Waals surface area contributed by atoms with Gasteiger partial charge in [-0.3, -0.25) is 14.6 Å². The molecule has 1 aromatic heterocycles. The Balaban J connectivity index is 1.64. The Bertz CT molecular complexity index is 1150. The van der Waals surface area contributed by atoms with E-state index in [1.807, 2.05) is 36.4 Å². The third kappa shape index (κ3) is 5.17. The molecule has 2 aromatic carbocycles. The highest BCUT2D eigenvalue weighted by atomic mass is 19.1. The summed E-state index contributed by atoms with van der Waals surface area (Å²) in [4.78, 5) is 34.1. The largest absolute Gasteiger partial charge is 0.337 e. The number of amides is 2. The minimum atomic E-state index is -0.456. The maximum Gasteiger partial charge on any atom is 0.254 e. The zero-order valence-corrected chi connectivity index (χ0v) is 18.4. The lowest BCUT2D eigenvalue weighted by molar-refractivity contribution is -0.134. The molecule has 2 amide bonds. The summed E-state index contributed by atoms with van der Waals surface area (Å²) in [6.45, 7) is 5.26. The number of carbonyl (C=O) groups excluding carboxylic acids is 2. The van der Waals surface area contributed by atoms with Gasteiger partial charge in [0.25, 0.3) is 5.91 Å². The fourth-order valence-corrected chi connectivity index (χ4v) is 4.30. The summed E-state index contributed by atoms with van der Waals surface area (Å²) in [6, 6.07) is 17.5. The molecule has 0 spiro atoms. The Morgan fingerprint density at radius 3 is 2.64 bits per heavy atom. The van der Waals surface area contributed by atoms with Gasteiger partial charge >= 0.3 is 0 Å². The van der Waals surface area contributed by atoms with E-state index in [9.17, 15) is 14.0 Å². The van der Waals surface area contributed by atoms with Gasteiger partial charge in [0.15, 0.2) is 0 Å². The molecule has 0 saturated carbocycles. The summed E-state index contributed by atoms with van der Waals surface area (Å²) in [5.74, 6) is -1.15. The maximum absolute atomic E-state index is 13.7. The third-order valence-corrected chi connectivity index (χ3v) is 5.92. The molecule has 4 rings (SSSR count). The molecule has 1 fully saturated rings. The summed E-state index contributed by atoms with van der Waals surface area (Å²) in [5, 5.41) is 0. The average molecular weight is 444 g/mol. The molecule has 1 aliphatic heterocycles. The van der Waals surface area contributed by atoms with Gasteiger partial charge in [0.2, 0.25) is 5.91 Å². The van der Waals surface area contributed by atoms with Crippen LogP contribution in [0.25, 0.3) is 11.1 Å². The van der Waals surface area contributed by atoms with Crippen LogP contribution in [0.3, 0.4) is 0 Å². The lowest BCUT2D eigenvalue weighted by Gasteiger charge is -2.24. The fourth-order valence-electron chi connectivity index (χ4n) is 4.30. The predicted octanol–water partition coefficient (Wildman–Crippen LogP) is 4.22. The first-order valence-corrected chi connectivity index (χ1v) is 11.0. The number of carbonyl (C=O) groups is 2. The van der Waals surface area contributed by atoms with Crippen molar-refractivity contribution in [2.75, 3.05) is 26.2 Å². The highest BCUT2D eigenvalue weighted by molar-refractivity contribution is 5.95. The first kappa shape index (κ1) is 22.4. The van der Waals surface area contributed by atoms with Gasteiger partial charge in [-0.05, 0) is 53.4 Å². The van der Waals surface area contributed by atoms with Gasteiger partial charge in [0, 0.05) is 44.1 Å². The van der Waals surface area contributed by atoms with E-state index in [1.165, 1.54) is 18.2 Å². The number of hydrogen-bond donors (Lipinski definition) is 0. The summed E-state index contributed by atoms with van der Waals surface area (Å²) < 4.78 is 13.7. The van der Waals surface area contributed by atoms with Crippen molar-refractivity contribution in [2.24, 2.45) is 5.92 Å². The van der Waals surface area contributed by atoms with Crippen LogP contribution in [0.2, 0.25) is 0 Å². The molecule has 33 heavy (non-hydrogen) atoms. The zero-order chi connectivity index (χ0) is 23.2. The Labute approximate surface area is 193 Å². The minimum Gasteiger partial charge on any atom is -0.337 e. The molecule has 6 heteroatoms. The number of pyridine rings is 1. The van der Waals surface area contributed by atoms with Crippen LogP contribution in [0, 0.1) is 11.7 Å². The van der Waals surface area contributed by atoms with Crippen LogP contribution in [0.1, 0.15) is 15.9 Å². The molecule has 0 radical (unpaired) electrons. The summed E-state index contributed by atoms with van der Waals surface area (Å²) in [5.41, 5.74) is 3.38. The molecule has 3 aromatic rings. The number of hydrogen-bond acceptors (Lipinski definition) is 3. The van der Waals surface area contributed by atoms with Crippen LogP contribution in [-0.4, -0.2) is 52.8 Å². The van der Waals surface area contributed by atoms with Crippen molar-refractivity contribution in [3.63, 3.8) is 0 Å². The Kier molecular flexibility index (Phi) is 6.93. The Hall–Kier alpha value is -3.80. The van der Waals surface area contributed by atoms with Crippen LogP contribution in [0.15, 0.2) is 85.7 Å². The van der Waals surface area contributed by atoms with Gasteiger partial charge < -0.3 is 9.80 Å². The van der Waals surface area contributed by atoms with Crippen molar-refractivity contribution in [3.05, 3.63) is 103 Å². The molecule has 0 aliphatic carbocycles. The summed E-state index contributed by atoms with van der Waals surface area (Å²) >= 11 is 0. The molecule has 0 bridgehead atoms. The normalized spacial score (nSPS) is 16.4. The molecule has 0 unspecified atom stereocenters. The van der Waals surface area contributed by atoms with Gasteiger partial charge in [-0.25, -0.2) is 4.39 Å². The lowest BCUT2D eigenvalue weighted by Crippen LogP contribution is -2.38. The summed E-state index contributed by atoms with van der Waals surface area (Å²) in [7, 11) is 0. The molecule has 2 heterocycles. The molecule has 1 aliphatic rings. The van der Waals surface area contributed by atoms with Gasteiger partial charge in [-0.1, -0.05) is 36.4 Å². The van der Waals surface area contributed by atoms with Gasteiger partial charge in [-0.15, -0.1) is 6.58 Å². The fraction of sp³-hybridized carbons (Fsp3) is 0.222. The van der Waals surface area contributed by atoms with E-state index in [-0.39, 0.29) is 23.9 Å². The maximum atomic E-state index is 13.7. The van der Waals surface area contributed by atoms with Crippen LogP contribution in [-0.2, 0) is 11.2 Å². The van der Waals surface area contributed by atoms with Gasteiger partial charge in [0.1, 0.15) is 5.82 Å². The predicted molar refractivity (Wildman–Crippen MR) is 126 cm³/mol. The number of aromatic nitrogens is 1. The van der Waals surface area contributed by atoms with Crippen LogP contribution in [0.4, 0.5) is 4.39 Å². The van der Waals surface area contributed by atoms with Gasteiger partial charge in [-0.2, -0.15) is 0 Å². The SMILES string of the molecule is C=CCN1CCN(C(=O)c2cccc(F)c2)C[C@@H](Cc2ccccc2-c2ccncc2)C1=O. The van der Waals surface area contributed by atoms with E-state index in [2.05, 4.69) is 11.6 Å². The highest BCUT2D eigenvalue weighted by Gasteiger charge is 2.32. The first-order valence-electron chi connectivity index (χ1n) is 11.0. The van der Waals surface area contributed by atoms with E-state index in [1.54, 1.807) is 34.3 Å². The molecule has 168 valence electrons. The van der Waals surface area contributed by atoms with Crippen molar-refractivity contribution in [3.8, 4) is 11.1 Å². The van der Waals surface area contributed by atoms with E-state index < -0.39 is 11.7 Å². The summed E-state index contributed by atoms with van der Waals surface area (Å²) in [6.07, 6.45) is 5.67. The second-order valence-electron chi connectivity index (χ2n) is 8.13. The van der Waals surface area contributed by atoms with Crippen molar-refractivity contribution in [2.45, 2.75) is 6.42 Å². The second-order valence-corrected chi connectivity index (χ2v) is 8.13. The average Bonchev–Trinajstić information content (AvgIpc) is 2.99. The van der Waals surface area contributed by atoms with Crippen molar-refractivity contribution >= 4 is 11.8 Å². The molecular weight excluding hydrogens is 417 g/mol. The third-order valence-electron chi connectivity index (χ3n) is 5.92.